The maximum Gasteiger partial charge on any atom is 0.0692 e. The lowest BCUT2D eigenvalue weighted by Gasteiger charge is -2.43. The molecular weight excluding hydrogens is 393 g/mol. The highest BCUT2D eigenvalue weighted by molar-refractivity contribution is 14.1. The van der Waals surface area contributed by atoms with Gasteiger partial charge in [-0.05, 0) is 69.1 Å². The second-order valence-electron chi connectivity index (χ2n) is 8.48. The molecule has 2 aliphatic rings. The summed E-state index contributed by atoms with van der Waals surface area (Å²) in [5.41, 5.74) is 0.0463. The van der Waals surface area contributed by atoms with Crippen LogP contribution in [-0.4, -0.2) is 3.92 Å². The van der Waals surface area contributed by atoms with Crippen molar-refractivity contribution in [1.82, 2.24) is 0 Å². The van der Waals surface area contributed by atoms with Crippen LogP contribution in [0.5, 0.6) is 0 Å². The van der Waals surface area contributed by atoms with Gasteiger partial charge in [0, 0.05) is 3.92 Å². The van der Waals surface area contributed by atoms with Crippen molar-refractivity contribution in [2.45, 2.75) is 101 Å². The van der Waals surface area contributed by atoms with Gasteiger partial charge in [-0.2, -0.15) is 5.26 Å². The molecule has 1 atom stereocenters. The average molecular weight is 429 g/mol. The van der Waals surface area contributed by atoms with Crippen molar-refractivity contribution < 1.29 is 0 Å². The summed E-state index contributed by atoms with van der Waals surface area (Å²) in [4.78, 5) is 0. The van der Waals surface area contributed by atoms with Gasteiger partial charge in [-0.15, -0.1) is 0 Å². The molecule has 1 nitrogen and oxygen atoms in total. The van der Waals surface area contributed by atoms with Crippen molar-refractivity contribution >= 4 is 22.6 Å². The van der Waals surface area contributed by atoms with E-state index in [-0.39, 0.29) is 5.41 Å². The molecule has 132 valence electrons. The first-order valence-electron chi connectivity index (χ1n) is 10.1. The molecule has 0 aromatic heterocycles. The second-order valence-corrected chi connectivity index (χ2v) is 10.2. The summed E-state index contributed by atoms with van der Waals surface area (Å²) in [5, 5.41) is 9.90. The Hall–Kier alpha value is 0.220. The van der Waals surface area contributed by atoms with Gasteiger partial charge in [-0.3, -0.25) is 0 Å². The van der Waals surface area contributed by atoms with Crippen LogP contribution >= 0.6 is 22.6 Å². The van der Waals surface area contributed by atoms with Gasteiger partial charge in [0.05, 0.1) is 11.5 Å². The first kappa shape index (κ1) is 19.5. The van der Waals surface area contributed by atoms with Crippen LogP contribution in [0.15, 0.2) is 0 Å². The molecule has 1 unspecified atom stereocenters. The van der Waals surface area contributed by atoms with E-state index < -0.39 is 0 Å². The molecule has 2 fully saturated rings. The quantitative estimate of drug-likeness (QED) is 0.308. The molecule has 2 heteroatoms. The molecule has 0 saturated heterocycles. The van der Waals surface area contributed by atoms with Gasteiger partial charge in [-0.1, -0.05) is 68.5 Å². The van der Waals surface area contributed by atoms with Gasteiger partial charge in [0.15, 0.2) is 0 Å². The Kier molecular flexibility index (Phi) is 8.19. The number of nitriles is 1. The molecule has 0 radical (unpaired) electrons. The lowest BCUT2D eigenvalue weighted by molar-refractivity contribution is 0.0886. The van der Waals surface area contributed by atoms with Gasteiger partial charge < -0.3 is 0 Å². The van der Waals surface area contributed by atoms with Crippen LogP contribution in [0, 0.1) is 34.5 Å². The molecule has 0 N–H and O–H groups in total. The number of hydrogen-bond donors (Lipinski definition) is 0. The maximum absolute atomic E-state index is 9.90. The maximum atomic E-state index is 9.90. The van der Waals surface area contributed by atoms with E-state index in [9.17, 15) is 5.26 Å². The molecule has 23 heavy (non-hydrogen) atoms. The Balaban J connectivity index is 1.74. The number of alkyl halides is 1. The van der Waals surface area contributed by atoms with E-state index >= 15 is 0 Å². The highest BCUT2D eigenvalue weighted by atomic mass is 127. The molecule has 0 aliphatic heterocycles. The summed E-state index contributed by atoms with van der Waals surface area (Å²) in [6.45, 7) is 4.67. The third-order valence-corrected chi connectivity index (χ3v) is 7.99. The molecule has 2 aliphatic carbocycles. The van der Waals surface area contributed by atoms with E-state index in [1.807, 2.05) is 0 Å². The fourth-order valence-corrected chi connectivity index (χ4v) is 6.05. The molecule has 0 heterocycles. The van der Waals surface area contributed by atoms with Crippen molar-refractivity contribution in [2.75, 3.05) is 0 Å². The van der Waals surface area contributed by atoms with Crippen LogP contribution in [0.2, 0.25) is 0 Å². The van der Waals surface area contributed by atoms with E-state index in [1.165, 1.54) is 83.5 Å². The summed E-state index contributed by atoms with van der Waals surface area (Å²) in [6.07, 6.45) is 17.3. The lowest BCUT2D eigenvalue weighted by Crippen LogP contribution is -2.36. The third-order valence-electron chi connectivity index (χ3n) is 6.75. The van der Waals surface area contributed by atoms with Crippen LogP contribution in [-0.2, 0) is 0 Å². The Morgan fingerprint density at radius 3 is 2.30 bits per heavy atom. The largest absolute Gasteiger partial charge is 0.198 e. The predicted octanol–water partition coefficient (Wildman–Crippen LogP) is 7.29. The van der Waals surface area contributed by atoms with E-state index in [2.05, 4.69) is 42.5 Å². The van der Waals surface area contributed by atoms with Gasteiger partial charge in [0.25, 0.3) is 0 Å². The Labute approximate surface area is 158 Å². The normalized spacial score (nSPS) is 36.3. The number of hydrogen-bond acceptors (Lipinski definition) is 1. The molecular formula is C21H36IN. The van der Waals surface area contributed by atoms with Crippen molar-refractivity contribution in [1.29, 1.82) is 5.26 Å². The van der Waals surface area contributed by atoms with Crippen molar-refractivity contribution in [2.24, 2.45) is 23.2 Å². The van der Waals surface area contributed by atoms with Crippen molar-refractivity contribution in [3.05, 3.63) is 0 Å². The lowest BCUT2D eigenvalue weighted by atomic mass is 9.60. The first-order chi connectivity index (χ1) is 11.1. The van der Waals surface area contributed by atoms with Crippen LogP contribution in [0.4, 0.5) is 0 Å². The molecule has 2 saturated carbocycles. The SMILES string of the molecule is CCCC(I)CCCC1CCC(C#N)(C2CCC(C)CC2)CC1. The smallest absolute Gasteiger partial charge is 0.0692 e. The topological polar surface area (TPSA) is 23.8 Å². The van der Waals surface area contributed by atoms with Gasteiger partial charge in [0.1, 0.15) is 0 Å². The number of halogens is 1. The van der Waals surface area contributed by atoms with E-state index in [0.29, 0.717) is 5.92 Å². The van der Waals surface area contributed by atoms with Crippen LogP contribution in [0.1, 0.15) is 97.3 Å². The fourth-order valence-electron chi connectivity index (χ4n) is 4.99. The van der Waals surface area contributed by atoms with Gasteiger partial charge >= 0.3 is 0 Å². The summed E-state index contributed by atoms with van der Waals surface area (Å²) in [5.74, 6) is 2.50. The monoisotopic (exact) mass is 429 g/mol. The highest BCUT2D eigenvalue weighted by Gasteiger charge is 2.42. The molecule has 0 aromatic carbocycles. The number of nitrogens with zero attached hydrogens (tertiary/aromatic N) is 1. The minimum absolute atomic E-state index is 0.0463. The third kappa shape index (κ3) is 5.62. The summed E-state index contributed by atoms with van der Waals surface area (Å²) < 4.78 is 0.878. The standard InChI is InChI=1S/C21H36IN/c1-3-5-20(22)7-4-6-18-12-14-21(16-23,15-13-18)19-10-8-17(2)9-11-19/h17-20H,3-15H2,1-2H3. The van der Waals surface area contributed by atoms with E-state index in [4.69, 9.17) is 0 Å². The van der Waals surface area contributed by atoms with Crippen molar-refractivity contribution in [3.63, 3.8) is 0 Å². The van der Waals surface area contributed by atoms with E-state index in [0.717, 1.165) is 15.8 Å². The van der Waals surface area contributed by atoms with Gasteiger partial charge in [-0.25, -0.2) is 0 Å². The molecule has 2 rings (SSSR count). The average Bonchev–Trinajstić information content (AvgIpc) is 2.57. The first-order valence-corrected chi connectivity index (χ1v) is 11.4. The summed E-state index contributed by atoms with van der Waals surface area (Å²) in [7, 11) is 0. The Morgan fingerprint density at radius 1 is 1.09 bits per heavy atom. The summed E-state index contributed by atoms with van der Waals surface area (Å²) in [6, 6.07) is 2.81. The minimum Gasteiger partial charge on any atom is -0.198 e. The van der Waals surface area contributed by atoms with Crippen molar-refractivity contribution in [3.8, 4) is 6.07 Å². The number of rotatable bonds is 7. The van der Waals surface area contributed by atoms with Crippen LogP contribution in [0.3, 0.4) is 0 Å². The Morgan fingerprint density at radius 2 is 1.74 bits per heavy atom. The second kappa shape index (κ2) is 9.64. The molecule has 0 aromatic rings. The zero-order valence-corrected chi connectivity index (χ0v) is 17.5. The molecule has 0 bridgehead atoms. The van der Waals surface area contributed by atoms with Crippen LogP contribution < -0.4 is 0 Å². The van der Waals surface area contributed by atoms with Crippen LogP contribution in [0.25, 0.3) is 0 Å². The zero-order chi connectivity index (χ0) is 16.7. The summed E-state index contributed by atoms with van der Waals surface area (Å²) >= 11 is 2.63. The molecule has 0 amide bonds. The predicted molar refractivity (Wildman–Crippen MR) is 108 cm³/mol. The fraction of sp³-hybridized carbons (Fsp3) is 0.952. The molecule has 0 spiro atoms. The zero-order valence-electron chi connectivity index (χ0n) is 15.3. The van der Waals surface area contributed by atoms with E-state index in [1.54, 1.807) is 0 Å². The highest BCUT2D eigenvalue weighted by Crippen LogP contribution is 2.50. The van der Waals surface area contributed by atoms with Gasteiger partial charge in [0.2, 0.25) is 0 Å². The Bertz CT molecular complexity index is 370. The minimum atomic E-state index is 0.0463.